The lowest BCUT2D eigenvalue weighted by Gasteiger charge is -2.23. The lowest BCUT2D eigenvalue weighted by molar-refractivity contribution is -0.152. The SMILES string of the molecule is CC(=O)Nc1nc(Cl)c2[nH]c([C@@H]3O[C@H](COC(C)=O)[C@H](OS(=O)(=O)c4ccc(C)cc4)[C@H]3OC(C)=O)nc2n1. The normalized spacial score (nSPS) is 21.1. The van der Waals surface area contributed by atoms with Crippen LogP contribution in [0.15, 0.2) is 29.2 Å². The summed E-state index contributed by atoms with van der Waals surface area (Å²) in [5, 5.41) is 2.33. The average molecular weight is 582 g/mol. The predicted molar refractivity (Wildman–Crippen MR) is 134 cm³/mol. The smallest absolute Gasteiger partial charge is 0.303 e. The first kappa shape index (κ1) is 28.4. The highest BCUT2D eigenvalue weighted by Crippen LogP contribution is 2.39. The molecule has 0 radical (unpaired) electrons. The topological polar surface area (TPSA) is 189 Å². The number of halogens is 1. The number of aryl methyl sites for hydroxylation is 1. The summed E-state index contributed by atoms with van der Waals surface area (Å²) in [7, 11) is -4.38. The van der Waals surface area contributed by atoms with Crippen LogP contribution in [-0.4, -0.2) is 71.1 Å². The zero-order valence-electron chi connectivity index (χ0n) is 21.1. The zero-order chi connectivity index (χ0) is 28.5. The standard InChI is InChI=1S/C23H24ClN5O9S/c1-10-5-7-14(8-6-10)39(33,34)38-17-15(9-35-12(3)31)37-19(18(17)36-13(4)32)22-26-16-20(24)27-23(25-11(2)30)29-21(16)28-22/h5-8,15,17-19H,9H2,1-4H3,(H2,25,26,27,28,29,30)/t15-,17+,18-,19-/m1/s1. The summed E-state index contributed by atoms with van der Waals surface area (Å²) >= 11 is 6.23. The van der Waals surface area contributed by atoms with Crippen LogP contribution in [0.4, 0.5) is 5.95 Å². The molecule has 0 aliphatic carbocycles. The molecule has 39 heavy (non-hydrogen) atoms. The number of anilines is 1. The number of H-pyrrole nitrogens is 1. The molecular formula is C23H24ClN5O9S. The monoisotopic (exact) mass is 581 g/mol. The van der Waals surface area contributed by atoms with E-state index in [9.17, 15) is 22.8 Å². The number of carbonyl (C=O) groups excluding carboxylic acids is 3. The average Bonchev–Trinajstić information content (AvgIpc) is 3.39. The lowest BCUT2D eigenvalue weighted by Crippen LogP contribution is -2.40. The number of ether oxygens (including phenoxy) is 3. The lowest BCUT2D eigenvalue weighted by atomic mass is 10.1. The van der Waals surface area contributed by atoms with Gasteiger partial charge in [-0.15, -0.1) is 0 Å². The van der Waals surface area contributed by atoms with Crippen molar-refractivity contribution in [3.8, 4) is 0 Å². The fourth-order valence-electron chi connectivity index (χ4n) is 3.85. The summed E-state index contributed by atoms with van der Waals surface area (Å²) < 4.78 is 48.3. The first-order valence-corrected chi connectivity index (χ1v) is 13.3. The molecule has 0 saturated carbocycles. The second-order valence-electron chi connectivity index (χ2n) is 8.64. The van der Waals surface area contributed by atoms with Gasteiger partial charge in [-0.3, -0.25) is 23.9 Å². The molecule has 1 aliphatic rings. The molecule has 3 aromatic rings. The van der Waals surface area contributed by atoms with Crippen LogP contribution in [0.3, 0.4) is 0 Å². The summed E-state index contributed by atoms with van der Waals surface area (Å²) in [6.07, 6.45) is -5.20. The van der Waals surface area contributed by atoms with Crippen molar-refractivity contribution in [2.45, 2.75) is 57.0 Å². The molecule has 1 saturated heterocycles. The van der Waals surface area contributed by atoms with Gasteiger partial charge in [-0.2, -0.15) is 18.4 Å². The van der Waals surface area contributed by atoms with Crippen molar-refractivity contribution in [3.05, 3.63) is 40.8 Å². The molecule has 0 spiro atoms. The van der Waals surface area contributed by atoms with Gasteiger partial charge in [0.25, 0.3) is 10.1 Å². The Bertz CT molecular complexity index is 1530. The predicted octanol–water partition coefficient (Wildman–Crippen LogP) is 1.98. The van der Waals surface area contributed by atoms with Crippen LogP contribution < -0.4 is 5.32 Å². The van der Waals surface area contributed by atoms with E-state index in [0.29, 0.717) is 0 Å². The van der Waals surface area contributed by atoms with Gasteiger partial charge < -0.3 is 19.2 Å². The highest BCUT2D eigenvalue weighted by Gasteiger charge is 2.52. The van der Waals surface area contributed by atoms with Crippen LogP contribution in [0.5, 0.6) is 0 Å². The van der Waals surface area contributed by atoms with Crippen molar-refractivity contribution in [1.29, 1.82) is 0 Å². The molecule has 1 aliphatic heterocycles. The minimum absolute atomic E-state index is 0.0408. The third-order valence-corrected chi connectivity index (χ3v) is 7.09. The van der Waals surface area contributed by atoms with Gasteiger partial charge in [-0.05, 0) is 19.1 Å². The minimum atomic E-state index is -4.38. The number of nitrogens with one attached hydrogen (secondary N) is 2. The highest BCUT2D eigenvalue weighted by molar-refractivity contribution is 7.86. The van der Waals surface area contributed by atoms with Crippen LogP contribution >= 0.6 is 11.6 Å². The minimum Gasteiger partial charge on any atom is -0.463 e. The number of hydrogen-bond donors (Lipinski definition) is 2. The second-order valence-corrected chi connectivity index (χ2v) is 10.6. The molecular weight excluding hydrogens is 558 g/mol. The fourth-order valence-corrected chi connectivity index (χ4v) is 5.17. The Morgan fingerprint density at radius 1 is 1.05 bits per heavy atom. The molecule has 2 aromatic heterocycles. The number of hydrogen-bond acceptors (Lipinski definition) is 12. The van der Waals surface area contributed by atoms with Crippen molar-refractivity contribution in [1.82, 2.24) is 19.9 Å². The van der Waals surface area contributed by atoms with Gasteiger partial charge >= 0.3 is 11.9 Å². The molecule has 0 unspecified atom stereocenters. The van der Waals surface area contributed by atoms with E-state index in [1.165, 1.54) is 26.0 Å². The molecule has 2 N–H and O–H groups in total. The Morgan fingerprint density at radius 3 is 2.36 bits per heavy atom. The van der Waals surface area contributed by atoms with Crippen molar-refractivity contribution < 1.29 is 41.2 Å². The van der Waals surface area contributed by atoms with Gasteiger partial charge in [-0.25, -0.2) is 4.98 Å². The van der Waals surface area contributed by atoms with Crippen molar-refractivity contribution in [2.24, 2.45) is 0 Å². The summed E-state index contributed by atoms with van der Waals surface area (Å²) in [6.45, 7) is 4.94. The van der Waals surface area contributed by atoms with Gasteiger partial charge in [0.15, 0.2) is 23.0 Å². The molecule has 1 fully saturated rings. The van der Waals surface area contributed by atoms with E-state index in [1.54, 1.807) is 19.1 Å². The van der Waals surface area contributed by atoms with E-state index in [0.717, 1.165) is 12.5 Å². The van der Waals surface area contributed by atoms with Gasteiger partial charge in [0.1, 0.15) is 30.2 Å². The molecule has 3 heterocycles. The van der Waals surface area contributed by atoms with E-state index in [1.807, 2.05) is 0 Å². The number of benzene rings is 1. The summed E-state index contributed by atoms with van der Waals surface area (Å²) in [5.74, 6) is -1.90. The van der Waals surface area contributed by atoms with Crippen molar-refractivity contribution in [2.75, 3.05) is 11.9 Å². The number of amides is 1. The first-order chi connectivity index (χ1) is 18.3. The quantitative estimate of drug-likeness (QED) is 0.224. The van der Waals surface area contributed by atoms with E-state index >= 15 is 0 Å². The maximum Gasteiger partial charge on any atom is 0.303 e. The molecule has 16 heteroatoms. The van der Waals surface area contributed by atoms with Crippen molar-refractivity contribution >= 4 is 56.7 Å². The van der Waals surface area contributed by atoms with Crippen LogP contribution in [0.25, 0.3) is 11.2 Å². The number of fused-ring (bicyclic) bond motifs is 1. The van der Waals surface area contributed by atoms with E-state index in [-0.39, 0.29) is 33.0 Å². The number of carbonyl (C=O) groups is 3. The van der Waals surface area contributed by atoms with Crippen molar-refractivity contribution in [3.63, 3.8) is 0 Å². The number of imidazole rings is 1. The first-order valence-electron chi connectivity index (χ1n) is 11.5. The maximum absolute atomic E-state index is 13.1. The number of nitrogens with zero attached hydrogens (tertiary/aromatic N) is 3. The second kappa shape index (κ2) is 11.2. The molecule has 4 atom stereocenters. The highest BCUT2D eigenvalue weighted by atomic mass is 35.5. The molecule has 14 nitrogen and oxygen atoms in total. The number of rotatable bonds is 8. The maximum atomic E-state index is 13.1. The van der Waals surface area contributed by atoms with Gasteiger partial charge in [0, 0.05) is 20.8 Å². The van der Waals surface area contributed by atoms with Gasteiger partial charge in [0.05, 0.1) is 4.90 Å². The van der Waals surface area contributed by atoms with Crippen LogP contribution in [0.1, 0.15) is 38.3 Å². The summed E-state index contributed by atoms with van der Waals surface area (Å²) in [6, 6.07) is 5.93. The fraction of sp³-hybridized carbons (Fsp3) is 0.391. The van der Waals surface area contributed by atoms with E-state index in [4.69, 9.17) is 30.0 Å². The Balaban J connectivity index is 1.74. The summed E-state index contributed by atoms with van der Waals surface area (Å²) in [4.78, 5) is 50.2. The van der Waals surface area contributed by atoms with E-state index < -0.39 is 59.0 Å². The zero-order valence-corrected chi connectivity index (χ0v) is 22.7. The largest absolute Gasteiger partial charge is 0.463 e. The van der Waals surface area contributed by atoms with Crippen LogP contribution in [0.2, 0.25) is 5.15 Å². The Labute approximate surface area is 227 Å². The third-order valence-electron chi connectivity index (χ3n) is 5.49. The molecule has 208 valence electrons. The summed E-state index contributed by atoms with van der Waals surface area (Å²) in [5.41, 5.74) is 1.06. The number of aromatic nitrogens is 4. The Morgan fingerprint density at radius 2 is 1.74 bits per heavy atom. The number of aromatic amines is 1. The van der Waals surface area contributed by atoms with E-state index in [2.05, 4.69) is 25.3 Å². The van der Waals surface area contributed by atoms with Gasteiger partial charge in [-0.1, -0.05) is 29.3 Å². The molecule has 1 amide bonds. The Hall–Kier alpha value is -3.66. The molecule has 1 aromatic carbocycles. The number of esters is 2. The van der Waals surface area contributed by atoms with Crippen LogP contribution in [-0.2, 0) is 42.9 Å². The molecule has 0 bridgehead atoms. The van der Waals surface area contributed by atoms with Crippen LogP contribution in [0, 0.1) is 6.92 Å². The Kier molecular flexibility index (Phi) is 8.15. The van der Waals surface area contributed by atoms with Gasteiger partial charge in [0.2, 0.25) is 11.9 Å². The third kappa shape index (κ3) is 6.50. The molecule has 4 rings (SSSR count).